The number of esters is 3. The van der Waals surface area contributed by atoms with E-state index in [1.807, 2.05) is 20.8 Å². The molecule has 0 radical (unpaired) electrons. The van der Waals surface area contributed by atoms with E-state index in [1.54, 1.807) is 39.8 Å². The highest BCUT2D eigenvalue weighted by Gasteiger charge is 2.84. The van der Waals surface area contributed by atoms with Gasteiger partial charge in [0.05, 0.1) is 5.92 Å². The van der Waals surface area contributed by atoms with Gasteiger partial charge in [-0.1, -0.05) is 33.8 Å². The summed E-state index contributed by atoms with van der Waals surface area (Å²) in [6, 6.07) is 0. The molecule has 1 saturated heterocycles. The second-order valence-corrected chi connectivity index (χ2v) is 12.2. The minimum Gasteiger partial charge on any atom is -0.461 e. The molecule has 2 saturated carbocycles. The summed E-state index contributed by atoms with van der Waals surface area (Å²) in [6.07, 6.45) is -0.143. The molecule has 0 unspecified atom stereocenters. The van der Waals surface area contributed by atoms with Crippen LogP contribution >= 0.6 is 0 Å². The summed E-state index contributed by atoms with van der Waals surface area (Å²) in [5.74, 6) is -3.52. The van der Waals surface area contributed by atoms with Gasteiger partial charge in [0.2, 0.25) is 0 Å². The Balaban J connectivity index is 1.87. The fourth-order valence-electron chi connectivity index (χ4n) is 7.21. The topological polar surface area (TPSA) is 129 Å². The second kappa shape index (κ2) is 9.30. The molecule has 4 rings (SSSR count). The van der Waals surface area contributed by atoms with Crippen LogP contribution in [0.3, 0.4) is 0 Å². The fraction of sp³-hybridized carbons (Fsp3) is 0.724. The van der Waals surface area contributed by atoms with Gasteiger partial charge in [0, 0.05) is 31.3 Å². The molecular weight excluding hydrogens is 492 g/mol. The van der Waals surface area contributed by atoms with E-state index in [-0.39, 0.29) is 23.5 Å². The van der Waals surface area contributed by atoms with Gasteiger partial charge in [0.15, 0.2) is 17.0 Å². The number of ether oxygens (including phenoxy) is 4. The van der Waals surface area contributed by atoms with Gasteiger partial charge in [0.25, 0.3) is 0 Å². The minimum absolute atomic E-state index is 0.198. The maximum Gasteiger partial charge on any atom is 0.333 e. The fourth-order valence-corrected chi connectivity index (χ4v) is 7.21. The van der Waals surface area contributed by atoms with E-state index >= 15 is 0 Å². The SMILES string of the molecule is C/C=C(\C)C(=O)O[C@H]1[C@H]2[C@@H]([C@@H](OC(C)=O)[C@@H](C)C(=O)[C@@]34C[C@H](C)[C@H](OC(C)=O)[C@]3(/C=C(\C)[C@H]1O)O4)C2(C)C. The number of carbonyl (C=O) groups is 4. The minimum atomic E-state index is -1.28. The maximum absolute atomic E-state index is 14.2. The number of rotatable bonds is 4. The van der Waals surface area contributed by atoms with Crippen molar-refractivity contribution < 1.29 is 43.2 Å². The molecule has 9 heteroatoms. The Morgan fingerprint density at radius 1 is 1.03 bits per heavy atom. The molecular formula is C29H40O9. The van der Waals surface area contributed by atoms with Crippen molar-refractivity contribution in [2.24, 2.45) is 29.1 Å². The lowest BCUT2D eigenvalue weighted by atomic mass is 9.80. The number of ketones is 1. The predicted octanol–water partition coefficient (Wildman–Crippen LogP) is 3.07. The number of fused-ring (bicyclic) bond motifs is 1. The highest BCUT2D eigenvalue weighted by Crippen LogP contribution is 2.68. The first-order valence-corrected chi connectivity index (χ1v) is 13.4. The van der Waals surface area contributed by atoms with Crippen molar-refractivity contribution in [3.63, 3.8) is 0 Å². The first kappa shape index (κ1) is 28.5. The van der Waals surface area contributed by atoms with Crippen LogP contribution in [0.5, 0.6) is 0 Å². The summed E-state index contributed by atoms with van der Waals surface area (Å²) < 4.78 is 23.6. The van der Waals surface area contributed by atoms with E-state index in [1.165, 1.54) is 13.8 Å². The van der Waals surface area contributed by atoms with Gasteiger partial charge in [-0.05, 0) is 50.2 Å². The van der Waals surface area contributed by atoms with E-state index in [9.17, 15) is 24.3 Å². The van der Waals surface area contributed by atoms with Crippen molar-refractivity contribution >= 4 is 23.7 Å². The quantitative estimate of drug-likeness (QED) is 0.191. The van der Waals surface area contributed by atoms with Crippen LogP contribution in [0.25, 0.3) is 0 Å². The van der Waals surface area contributed by atoms with Crippen LogP contribution in [-0.2, 0) is 38.1 Å². The zero-order valence-corrected chi connectivity index (χ0v) is 23.7. The highest BCUT2D eigenvalue weighted by molar-refractivity contribution is 5.96. The molecule has 0 aromatic carbocycles. The Morgan fingerprint density at radius 3 is 2.16 bits per heavy atom. The molecule has 0 spiro atoms. The molecule has 0 amide bonds. The number of Topliss-reactive ketones (excluding diaryl/α,β-unsaturated/α-hetero) is 1. The van der Waals surface area contributed by atoms with Crippen molar-refractivity contribution in [1.82, 2.24) is 0 Å². The van der Waals surface area contributed by atoms with E-state index in [0.29, 0.717) is 17.6 Å². The lowest BCUT2D eigenvalue weighted by molar-refractivity contribution is -0.157. The normalized spacial score (nSPS) is 44.7. The Morgan fingerprint density at radius 2 is 1.61 bits per heavy atom. The number of hydrogen-bond donors (Lipinski definition) is 1. The molecule has 1 N–H and O–H groups in total. The lowest BCUT2D eigenvalue weighted by Gasteiger charge is -2.28. The van der Waals surface area contributed by atoms with E-state index < -0.39 is 64.9 Å². The standard InChI is InChI=1S/C29H40O9/c1-10-13(2)26(34)37-23-20-19(27(20,8)9)22(35-17(6)30)16(5)24(33)28-12-15(4)25(36-18(7)31)29(28,38-28)11-14(3)21(23)32/h10-11,15-16,19-23,25,32H,12H2,1-9H3/b13-10+,14-11+/t15-,16+,19-,20+,21+,22-,23-,25-,28-,29-/m0/s1. The van der Waals surface area contributed by atoms with Crippen molar-refractivity contribution in [1.29, 1.82) is 0 Å². The Kier molecular flexibility index (Phi) is 6.97. The van der Waals surface area contributed by atoms with E-state index in [4.69, 9.17) is 18.9 Å². The van der Waals surface area contributed by atoms with Crippen LogP contribution in [0, 0.1) is 29.1 Å². The van der Waals surface area contributed by atoms with Crippen LogP contribution < -0.4 is 0 Å². The first-order chi connectivity index (χ1) is 17.6. The first-order valence-electron chi connectivity index (χ1n) is 13.4. The smallest absolute Gasteiger partial charge is 0.333 e. The molecule has 3 fully saturated rings. The number of allylic oxidation sites excluding steroid dienone is 1. The Bertz CT molecular complexity index is 1120. The Labute approximate surface area is 223 Å². The lowest BCUT2D eigenvalue weighted by Crippen LogP contribution is -2.43. The third-order valence-corrected chi connectivity index (χ3v) is 9.30. The second-order valence-electron chi connectivity index (χ2n) is 12.2. The molecule has 4 aliphatic rings. The van der Waals surface area contributed by atoms with Gasteiger partial charge in [-0.15, -0.1) is 0 Å². The number of hydrogen-bond acceptors (Lipinski definition) is 9. The van der Waals surface area contributed by atoms with Gasteiger partial charge in [-0.3, -0.25) is 14.4 Å². The van der Waals surface area contributed by atoms with Crippen molar-refractivity contribution in [2.45, 2.75) is 104 Å². The predicted molar refractivity (Wildman–Crippen MR) is 135 cm³/mol. The van der Waals surface area contributed by atoms with Gasteiger partial charge >= 0.3 is 17.9 Å². The van der Waals surface area contributed by atoms with Gasteiger partial charge in [-0.2, -0.15) is 0 Å². The zero-order chi connectivity index (χ0) is 28.5. The molecule has 0 bridgehead atoms. The molecule has 38 heavy (non-hydrogen) atoms. The van der Waals surface area contributed by atoms with Crippen LogP contribution in [-0.4, -0.2) is 64.4 Å². The molecule has 1 heterocycles. The Hall–Kier alpha value is -2.52. The number of epoxide rings is 1. The summed E-state index contributed by atoms with van der Waals surface area (Å²) in [4.78, 5) is 51.3. The molecule has 1 aliphatic heterocycles. The van der Waals surface area contributed by atoms with E-state index in [2.05, 4.69) is 0 Å². The summed E-state index contributed by atoms with van der Waals surface area (Å²) in [5.41, 5.74) is -2.22. The van der Waals surface area contributed by atoms with Crippen molar-refractivity contribution in [3.8, 4) is 0 Å². The monoisotopic (exact) mass is 532 g/mol. The number of aliphatic hydroxyl groups is 1. The third-order valence-electron chi connectivity index (χ3n) is 9.30. The molecule has 210 valence electrons. The zero-order valence-electron chi connectivity index (χ0n) is 23.7. The summed E-state index contributed by atoms with van der Waals surface area (Å²) in [6.45, 7) is 15.2. The average molecular weight is 533 g/mol. The summed E-state index contributed by atoms with van der Waals surface area (Å²) in [7, 11) is 0. The maximum atomic E-state index is 14.2. The molecule has 9 nitrogen and oxygen atoms in total. The number of carbonyl (C=O) groups excluding carboxylic acids is 4. The van der Waals surface area contributed by atoms with Gasteiger partial charge in [0.1, 0.15) is 24.4 Å². The van der Waals surface area contributed by atoms with Crippen LogP contribution in [0.4, 0.5) is 0 Å². The third kappa shape index (κ3) is 4.13. The largest absolute Gasteiger partial charge is 0.461 e. The summed E-state index contributed by atoms with van der Waals surface area (Å²) >= 11 is 0. The van der Waals surface area contributed by atoms with Crippen LogP contribution in [0.2, 0.25) is 0 Å². The van der Waals surface area contributed by atoms with Crippen LogP contribution in [0.1, 0.15) is 68.7 Å². The van der Waals surface area contributed by atoms with Crippen molar-refractivity contribution in [3.05, 3.63) is 23.3 Å². The molecule has 10 atom stereocenters. The number of aliphatic hydroxyl groups excluding tert-OH is 1. The van der Waals surface area contributed by atoms with Crippen molar-refractivity contribution in [2.75, 3.05) is 0 Å². The molecule has 0 aromatic rings. The summed E-state index contributed by atoms with van der Waals surface area (Å²) in [5, 5.41) is 11.6. The van der Waals surface area contributed by atoms with E-state index in [0.717, 1.165) is 0 Å². The van der Waals surface area contributed by atoms with Gasteiger partial charge < -0.3 is 24.1 Å². The van der Waals surface area contributed by atoms with Gasteiger partial charge in [-0.25, -0.2) is 4.79 Å². The molecule has 3 aliphatic carbocycles. The average Bonchev–Trinajstić information content (AvgIpc) is 3.62. The highest BCUT2D eigenvalue weighted by atomic mass is 16.7. The molecule has 0 aromatic heterocycles. The van der Waals surface area contributed by atoms with Crippen LogP contribution in [0.15, 0.2) is 23.3 Å².